The van der Waals surface area contributed by atoms with Crippen molar-refractivity contribution in [1.29, 1.82) is 0 Å². The highest BCUT2D eigenvalue weighted by Gasteiger charge is 2.20. The molecule has 0 spiro atoms. The van der Waals surface area contributed by atoms with Crippen LogP contribution in [0.4, 0.5) is 0 Å². The molecule has 4 nitrogen and oxygen atoms in total. The zero-order valence-electron chi connectivity index (χ0n) is 12.3. The summed E-state index contributed by atoms with van der Waals surface area (Å²) in [4.78, 5) is 0. The highest BCUT2D eigenvalue weighted by molar-refractivity contribution is 5.00. The fraction of sp³-hybridized carbons (Fsp3) is 0.812. The molecule has 0 bridgehead atoms. The van der Waals surface area contributed by atoms with Gasteiger partial charge in [0.05, 0.1) is 17.8 Å². The van der Waals surface area contributed by atoms with Crippen molar-refractivity contribution in [3.05, 3.63) is 18.0 Å². The minimum Gasteiger partial charge on any atom is -0.393 e. The molecule has 2 unspecified atom stereocenters. The lowest BCUT2D eigenvalue weighted by atomic mass is 9.87. The van der Waals surface area contributed by atoms with E-state index in [0.29, 0.717) is 12.0 Å². The summed E-state index contributed by atoms with van der Waals surface area (Å²) >= 11 is 0. The first-order valence-electron chi connectivity index (χ1n) is 8.24. The van der Waals surface area contributed by atoms with Crippen LogP contribution in [-0.2, 0) is 6.54 Å². The number of hydrogen-bond donors (Lipinski definition) is 2. The van der Waals surface area contributed by atoms with E-state index in [4.69, 9.17) is 5.10 Å². The van der Waals surface area contributed by atoms with Gasteiger partial charge in [0.1, 0.15) is 0 Å². The third kappa shape index (κ3) is 3.61. The van der Waals surface area contributed by atoms with Gasteiger partial charge in [0.25, 0.3) is 0 Å². The van der Waals surface area contributed by atoms with Gasteiger partial charge in [-0.05, 0) is 50.6 Å². The first-order valence-corrected chi connectivity index (χ1v) is 8.24. The number of nitrogens with one attached hydrogen (secondary N) is 1. The predicted molar refractivity (Wildman–Crippen MR) is 79.4 cm³/mol. The Hall–Kier alpha value is -0.870. The Labute approximate surface area is 121 Å². The molecule has 2 fully saturated rings. The lowest BCUT2D eigenvalue weighted by Gasteiger charge is -2.25. The molecule has 3 rings (SSSR count). The molecule has 112 valence electrons. The first kappa shape index (κ1) is 14.1. The Morgan fingerprint density at radius 1 is 1.20 bits per heavy atom. The minimum atomic E-state index is -0.0721. The topological polar surface area (TPSA) is 50.1 Å². The van der Waals surface area contributed by atoms with Crippen LogP contribution in [0.3, 0.4) is 0 Å². The van der Waals surface area contributed by atoms with Gasteiger partial charge in [-0.15, -0.1) is 0 Å². The molecule has 0 aromatic carbocycles. The van der Waals surface area contributed by atoms with Crippen molar-refractivity contribution in [1.82, 2.24) is 15.1 Å². The molecule has 20 heavy (non-hydrogen) atoms. The van der Waals surface area contributed by atoms with E-state index >= 15 is 0 Å². The number of rotatable bonds is 5. The van der Waals surface area contributed by atoms with Crippen molar-refractivity contribution in [2.75, 3.05) is 6.54 Å². The molecule has 2 N–H and O–H groups in total. The van der Waals surface area contributed by atoms with Gasteiger partial charge >= 0.3 is 0 Å². The highest BCUT2D eigenvalue weighted by atomic mass is 16.3. The summed E-state index contributed by atoms with van der Waals surface area (Å²) in [5.41, 5.74) is 1.15. The zero-order chi connectivity index (χ0) is 13.8. The Morgan fingerprint density at radius 2 is 2.05 bits per heavy atom. The summed E-state index contributed by atoms with van der Waals surface area (Å²) in [6.07, 6.45) is 11.7. The van der Waals surface area contributed by atoms with Gasteiger partial charge in [0.15, 0.2) is 0 Å². The molecule has 1 heterocycles. The van der Waals surface area contributed by atoms with Gasteiger partial charge in [-0.25, -0.2) is 0 Å². The van der Waals surface area contributed by atoms with Crippen molar-refractivity contribution < 1.29 is 5.11 Å². The molecule has 0 radical (unpaired) electrons. The number of nitrogens with zero attached hydrogens (tertiary/aromatic N) is 2. The fourth-order valence-electron chi connectivity index (χ4n) is 3.70. The lowest BCUT2D eigenvalue weighted by Crippen LogP contribution is -2.29. The second-order valence-corrected chi connectivity index (χ2v) is 6.54. The molecule has 2 atom stereocenters. The van der Waals surface area contributed by atoms with Gasteiger partial charge in [0, 0.05) is 12.7 Å². The zero-order valence-corrected chi connectivity index (χ0v) is 12.3. The van der Waals surface area contributed by atoms with Crippen molar-refractivity contribution in [3.63, 3.8) is 0 Å². The van der Waals surface area contributed by atoms with E-state index in [1.807, 2.05) is 0 Å². The summed E-state index contributed by atoms with van der Waals surface area (Å²) in [5.74, 6) is 0.635. The molecule has 1 aromatic heterocycles. The molecule has 0 aliphatic heterocycles. The fourth-order valence-corrected chi connectivity index (χ4v) is 3.70. The molecular formula is C16H27N3O. The molecule has 0 amide bonds. The number of hydrogen-bond acceptors (Lipinski definition) is 3. The molecule has 1 aromatic rings. The van der Waals surface area contributed by atoms with Crippen molar-refractivity contribution in [2.45, 2.75) is 70.1 Å². The van der Waals surface area contributed by atoms with Crippen LogP contribution in [-0.4, -0.2) is 27.5 Å². The van der Waals surface area contributed by atoms with Crippen molar-refractivity contribution in [3.8, 4) is 0 Å². The summed E-state index contributed by atoms with van der Waals surface area (Å²) in [6, 6.07) is 2.78. The maximum absolute atomic E-state index is 9.68. The van der Waals surface area contributed by atoms with E-state index in [9.17, 15) is 5.11 Å². The van der Waals surface area contributed by atoms with Crippen LogP contribution in [0.25, 0.3) is 0 Å². The molecule has 0 saturated heterocycles. The number of aliphatic hydroxyl groups excluding tert-OH is 1. The van der Waals surface area contributed by atoms with Crippen LogP contribution >= 0.6 is 0 Å². The summed E-state index contributed by atoms with van der Waals surface area (Å²) in [6.45, 7) is 1.86. The number of aliphatic hydroxyl groups is 1. The normalized spacial score (nSPS) is 28.1. The Kier molecular flexibility index (Phi) is 4.73. The van der Waals surface area contributed by atoms with Crippen LogP contribution in [0.5, 0.6) is 0 Å². The summed E-state index contributed by atoms with van der Waals surface area (Å²) < 4.78 is 2.16. The van der Waals surface area contributed by atoms with Gasteiger partial charge in [-0.1, -0.05) is 19.3 Å². The Balaban J connectivity index is 1.42. The minimum absolute atomic E-state index is 0.0721. The molecule has 2 saturated carbocycles. The first-order chi connectivity index (χ1) is 9.81. The van der Waals surface area contributed by atoms with E-state index in [0.717, 1.165) is 31.6 Å². The van der Waals surface area contributed by atoms with Crippen LogP contribution in [0.15, 0.2) is 12.3 Å². The quantitative estimate of drug-likeness (QED) is 0.870. The third-order valence-corrected chi connectivity index (χ3v) is 4.86. The molecular weight excluding hydrogens is 250 g/mol. The van der Waals surface area contributed by atoms with Crippen molar-refractivity contribution >= 4 is 0 Å². The second kappa shape index (κ2) is 6.72. The molecule has 2 aliphatic rings. The molecule has 4 heteroatoms. The van der Waals surface area contributed by atoms with Gasteiger partial charge in [-0.2, -0.15) is 5.10 Å². The lowest BCUT2D eigenvalue weighted by molar-refractivity contribution is 0.101. The average Bonchev–Trinajstić information content (AvgIpc) is 3.09. The number of aromatic nitrogens is 2. The maximum Gasteiger partial charge on any atom is 0.0762 e. The van der Waals surface area contributed by atoms with Crippen LogP contribution in [0, 0.1) is 5.92 Å². The largest absolute Gasteiger partial charge is 0.393 e. The summed E-state index contributed by atoms with van der Waals surface area (Å²) in [7, 11) is 0. The van der Waals surface area contributed by atoms with Gasteiger partial charge in [-0.3, -0.25) is 4.68 Å². The highest BCUT2D eigenvalue weighted by Crippen LogP contribution is 2.28. The smallest absolute Gasteiger partial charge is 0.0762 e. The van der Waals surface area contributed by atoms with Gasteiger partial charge in [0.2, 0.25) is 0 Å². The maximum atomic E-state index is 9.68. The van der Waals surface area contributed by atoms with E-state index in [2.05, 4.69) is 22.3 Å². The predicted octanol–water partition coefficient (Wildman–Crippen LogP) is 2.64. The average molecular weight is 277 g/mol. The third-order valence-electron chi connectivity index (χ3n) is 4.86. The summed E-state index contributed by atoms with van der Waals surface area (Å²) in [5, 5.41) is 17.9. The Morgan fingerprint density at radius 3 is 2.85 bits per heavy atom. The second-order valence-electron chi connectivity index (χ2n) is 6.54. The van der Waals surface area contributed by atoms with Crippen LogP contribution in [0.2, 0.25) is 0 Å². The SMILES string of the molecule is OC1CCCC(CNCc2ccn(C3CCCC3)n2)C1. The van der Waals surface area contributed by atoms with E-state index in [1.165, 1.54) is 38.5 Å². The van der Waals surface area contributed by atoms with Crippen LogP contribution in [0.1, 0.15) is 63.1 Å². The van der Waals surface area contributed by atoms with E-state index in [-0.39, 0.29) is 6.10 Å². The van der Waals surface area contributed by atoms with Gasteiger partial charge < -0.3 is 10.4 Å². The van der Waals surface area contributed by atoms with Crippen molar-refractivity contribution in [2.24, 2.45) is 5.92 Å². The Bertz CT molecular complexity index is 412. The standard InChI is InChI=1S/C16H27N3O/c20-16-7-3-4-13(10-16)11-17-12-14-8-9-19(18-14)15-5-1-2-6-15/h8-9,13,15-17,20H,1-7,10-12H2. The van der Waals surface area contributed by atoms with E-state index in [1.54, 1.807) is 0 Å². The molecule has 2 aliphatic carbocycles. The monoisotopic (exact) mass is 277 g/mol. The van der Waals surface area contributed by atoms with E-state index < -0.39 is 0 Å². The van der Waals surface area contributed by atoms with Crippen LogP contribution < -0.4 is 5.32 Å².